The van der Waals surface area contributed by atoms with E-state index in [2.05, 4.69) is 39.6 Å². The molecule has 1 aliphatic carbocycles. The molecule has 0 nitrogen and oxygen atoms in total. The van der Waals surface area contributed by atoms with Crippen LogP contribution in [-0.2, 0) is 0 Å². The van der Waals surface area contributed by atoms with Gasteiger partial charge in [0.1, 0.15) is 0 Å². The van der Waals surface area contributed by atoms with Gasteiger partial charge in [-0.1, -0.05) is 30.3 Å². The normalized spacial score (nSPS) is 28.7. The van der Waals surface area contributed by atoms with Crippen molar-refractivity contribution in [1.82, 2.24) is 0 Å². The molecule has 1 aliphatic rings. The smallest absolute Gasteiger partial charge is 0.0162 e. The van der Waals surface area contributed by atoms with Gasteiger partial charge in [0.2, 0.25) is 0 Å². The molecule has 1 atom stereocenters. The van der Waals surface area contributed by atoms with Crippen LogP contribution in [0.5, 0.6) is 0 Å². The van der Waals surface area contributed by atoms with Gasteiger partial charge in [0.05, 0.1) is 0 Å². The highest BCUT2D eigenvalue weighted by Crippen LogP contribution is 2.35. The van der Waals surface area contributed by atoms with Gasteiger partial charge in [-0.05, 0) is 42.8 Å². The Morgan fingerprint density at radius 1 is 0.923 bits per heavy atom. The zero-order chi connectivity index (χ0) is 9.10. The lowest BCUT2D eigenvalue weighted by atomic mass is 9.84. The molecule has 0 aliphatic heterocycles. The van der Waals surface area contributed by atoms with Crippen molar-refractivity contribution >= 4 is 9.24 Å². The maximum absolute atomic E-state index is 2.96. The van der Waals surface area contributed by atoms with Crippen molar-refractivity contribution in [3.63, 3.8) is 0 Å². The average Bonchev–Trinajstić information content (AvgIpc) is 2.20. The van der Waals surface area contributed by atoms with Gasteiger partial charge in [0, 0.05) is 0 Å². The molecule has 0 heterocycles. The van der Waals surface area contributed by atoms with Gasteiger partial charge in [-0.3, -0.25) is 0 Å². The molecule has 0 amide bonds. The second kappa shape index (κ2) is 4.24. The van der Waals surface area contributed by atoms with Crippen LogP contribution in [0.4, 0.5) is 0 Å². The van der Waals surface area contributed by atoms with Crippen LogP contribution in [0.25, 0.3) is 0 Å². The fraction of sp³-hybridized carbons (Fsp3) is 0.500. The molecule has 1 heteroatoms. The molecule has 0 spiro atoms. The van der Waals surface area contributed by atoms with Crippen molar-refractivity contribution < 1.29 is 0 Å². The third-order valence-corrected chi connectivity index (χ3v) is 3.71. The SMILES string of the molecule is PC1CCC(c2ccccc2)CC1. The highest BCUT2D eigenvalue weighted by molar-refractivity contribution is 7.17. The summed E-state index contributed by atoms with van der Waals surface area (Å²) in [7, 11) is 2.96. The molecule has 70 valence electrons. The first-order chi connectivity index (χ1) is 6.36. The third-order valence-electron chi connectivity index (χ3n) is 3.04. The first-order valence-electron chi connectivity index (χ1n) is 5.17. The maximum Gasteiger partial charge on any atom is -0.0162 e. The summed E-state index contributed by atoms with van der Waals surface area (Å²) < 4.78 is 0. The van der Waals surface area contributed by atoms with E-state index in [1.54, 1.807) is 5.56 Å². The van der Waals surface area contributed by atoms with Gasteiger partial charge in [-0.15, -0.1) is 9.24 Å². The van der Waals surface area contributed by atoms with E-state index < -0.39 is 0 Å². The van der Waals surface area contributed by atoms with Crippen molar-refractivity contribution in [2.45, 2.75) is 37.3 Å². The van der Waals surface area contributed by atoms with Crippen molar-refractivity contribution in [1.29, 1.82) is 0 Å². The lowest BCUT2D eigenvalue weighted by Gasteiger charge is -2.26. The molecular formula is C12H17P. The molecule has 1 unspecified atom stereocenters. The molecule has 1 aromatic carbocycles. The molecule has 0 saturated heterocycles. The molecule has 1 fully saturated rings. The number of hydrogen-bond acceptors (Lipinski definition) is 0. The van der Waals surface area contributed by atoms with Crippen molar-refractivity contribution in [3.05, 3.63) is 35.9 Å². The minimum absolute atomic E-state index is 0.831. The fourth-order valence-electron chi connectivity index (χ4n) is 2.18. The monoisotopic (exact) mass is 192 g/mol. The molecule has 1 saturated carbocycles. The highest BCUT2D eigenvalue weighted by Gasteiger charge is 2.18. The molecule has 0 radical (unpaired) electrons. The van der Waals surface area contributed by atoms with E-state index in [4.69, 9.17) is 0 Å². The molecule has 0 N–H and O–H groups in total. The van der Waals surface area contributed by atoms with Crippen LogP contribution in [0, 0.1) is 0 Å². The van der Waals surface area contributed by atoms with Crippen LogP contribution in [0.15, 0.2) is 30.3 Å². The number of benzene rings is 1. The standard InChI is InChI=1S/C12H17P/c13-12-8-6-11(7-9-12)10-4-2-1-3-5-10/h1-5,11-12H,6-9,13H2. The van der Waals surface area contributed by atoms with Crippen molar-refractivity contribution in [2.24, 2.45) is 0 Å². The van der Waals surface area contributed by atoms with Gasteiger partial charge in [0.15, 0.2) is 0 Å². The maximum atomic E-state index is 2.96. The lowest BCUT2D eigenvalue weighted by molar-refractivity contribution is 0.453. The molecule has 13 heavy (non-hydrogen) atoms. The minimum atomic E-state index is 0.831. The number of hydrogen-bond donors (Lipinski definition) is 0. The van der Waals surface area contributed by atoms with Gasteiger partial charge in [-0.2, -0.15) is 0 Å². The van der Waals surface area contributed by atoms with Gasteiger partial charge >= 0.3 is 0 Å². The molecule has 1 aromatic rings. The summed E-state index contributed by atoms with van der Waals surface area (Å²) in [6, 6.07) is 11.0. The van der Waals surface area contributed by atoms with Crippen LogP contribution >= 0.6 is 9.24 Å². The van der Waals surface area contributed by atoms with E-state index in [-0.39, 0.29) is 0 Å². The summed E-state index contributed by atoms with van der Waals surface area (Å²) in [6.45, 7) is 0. The summed E-state index contributed by atoms with van der Waals surface area (Å²) in [5.74, 6) is 0.831. The Hall–Kier alpha value is -0.350. The molecule has 0 bridgehead atoms. The van der Waals surface area contributed by atoms with E-state index >= 15 is 0 Å². The second-order valence-corrected chi connectivity index (χ2v) is 4.97. The largest absolute Gasteiger partial charge is 0.134 e. The Labute approximate surface area is 82.9 Å². The predicted octanol–water partition coefficient (Wildman–Crippen LogP) is 3.59. The van der Waals surface area contributed by atoms with Crippen LogP contribution in [-0.4, -0.2) is 5.66 Å². The van der Waals surface area contributed by atoms with E-state index in [0.29, 0.717) is 0 Å². The van der Waals surface area contributed by atoms with Gasteiger partial charge in [-0.25, -0.2) is 0 Å². The Balaban J connectivity index is 2.03. The minimum Gasteiger partial charge on any atom is -0.134 e. The first-order valence-corrected chi connectivity index (χ1v) is 5.83. The van der Waals surface area contributed by atoms with Crippen LogP contribution in [0.3, 0.4) is 0 Å². The quantitative estimate of drug-likeness (QED) is 0.596. The highest BCUT2D eigenvalue weighted by atomic mass is 31.0. The summed E-state index contributed by atoms with van der Waals surface area (Å²) >= 11 is 0. The van der Waals surface area contributed by atoms with Gasteiger partial charge < -0.3 is 0 Å². The Morgan fingerprint density at radius 3 is 2.15 bits per heavy atom. The van der Waals surface area contributed by atoms with E-state index in [9.17, 15) is 0 Å². The molecular weight excluding hydrogens is 175 g/mol. The lowest BCUT2D eigenvalue weighted by Crippen LogP contribution is -2.12. The van der Waals surface area contributed by atoms with E-state index in [1.165, 1.54) is 25.7 Å². The van der Waals surface area contributed by atoms with Crippen LogP contribution in [0.1, 0.15) is 37.2 Å². The van der Waals surface area contributed by atoms with Gasteiger partial charge in [0.25, 0.3) is 0 Å². The Bertz CT molecular complexity index is 247. The van der Waals surface area contributed by atoms with Crippen LogP contribution < -0.4 is 0 Å². The summed E-state index contributed by atoms with van der Waals surface area (Å²) in [5.41, 5.74) is 2.42. The van der Waals surface area contributed by atoms with Crippen molar-refractivity contribution in [3.8, 4) is 0 Å². The average molecular weight is 192 g/mol. The topological polar surface area (TPSA) is 0 Å². The third kappa shape index (κ3) is 2.31. The van der Waals surface area contributed by atoms with E-state index in [0.717, 1.165) is 11.6 Å². The predicted molar refractivity (Wildman–Crippen MR) is 61.1 cm³/mol. The van der Waals surface area contributed by atoms with E-state index in [1.807, 2.05) is 0 Å². The zero-order valence-electron chi connectivity index (χ0n) is 7.95. The summed E-state index contributed by atoms with van der Waals surface area (Å²) in [6.07, 6.45) is 5.50. The molecule has 0 aromatic heterocycles. The second-order valence-electron chi connectivity index (χ2n) is 4.02. The Morgan fingerprint density at radius 2 is 1.54 bits per heavy atom. The summed E-state index contributed by atoms with van der Waals surface area (Å²) in [4.78, 5) is 0. The zero-order valence-corrected chi connectivity index (χ0v) is 9.10. The van der Waals surface area contributed by atoms with Crippen LogP contribution in [0.2, 0.25) is 0 Å². The number of rotatable bonds is 1. The first kappa shape index (κ1) is 9.21. The fourth-order valence-corrected chi connectivity index (χ4v) is 2.56. The molecule has 2 rings (SSSR count). The summed E-state index contributed by atoms with van der Waals surface area (Å²) in [5, 5.41) is 0. The Kier molecular flexibility index (Phi) is 3.01. The van der Waals surface area contributed by atoms with Crippen molar-refractivity contribution in [2.75, 3.05) is 0 Å².